The van der Waals surface area contributed by atoms with E-state index in [1.165, 1.54) is 20.3 Å². The second-order valence-electron chi connectivity index (χ2n) is 9.26. The molecule has 0 radical (unpaired) electrons. The number of methoxy groups -OCH3 is 2. The standard InChI is InChI=1S/C22H32O6/c1-12-13(10-18(25)27-4)6-7-14-19(12)15(23)11-16-21(14,2)9-8-17(24)22(16,3)20(26)28-5/h10,12,14,16-17,19,24H,6-9,11H2,1-5H3/b13-10-/t12-,14-,16-,17+,19+,21+,22+/m1/s1. The van der Waals surface area contributed by atoms with Crippen LogP contribution in [0.1, 0.15) is 52.9 Å². The lowest BCUT2D eigenvalue weighted by atomic mass is 9.42. The molecule has 0 spiro atoms. The van der Waals surface area contributed by atoms with Gasteiger partial charge in [-0.15, -0.1) is 0 Å². The fraction of sp³-hybridized carbons (Fsp3) is 0.773. The minimum absolute atomic E-state index is 0.0284. The molecule has 6 heteroatoms. The van der Waals surface area contributed by atoms with Gasteiger partial charge in [0.15, 0.2) is 0 Å². The van der Waals surface area contributed by atoms with Gasteiger partial charge in [-0.2, -0.15) is 0 Å². The van der Waals surface area contributed by atoms with Crippen molar-refractivity contribution in [3.8, 4) is 0 Å². The van der Waals surface area contributed by atoms with Crippen LogP contribution in [0.5, 0.6) is 0 Å². The van der Waals surface area contributed by atoms with Crippen molar-refractivity contribution in [3.05, 3.63) is 11.6 Å². The maximum atomic E-state index is 13.3. The number of aliphatic hydroxyl groups excluding tert-OH is 1. The topological polar surface area (TPSA) is 89.9 Å². The van der Waals surface area contributed by atoms with Crippen LogP contribution in [0.25, 0.3) is 0 Å². The monoisotopic (exact) mass is 392 g/mol. The Hall–Kier alpha value is -1.69. The van der Waals surface area contributed by atoms with Crippen LogP contribution >= 0.6 is 0 Å². The van der Waals surface area contributed by atoms with E-state index >= 15 is 0 Å². The molecule has 1 N–H and O–H groups in total. The Labute approximate surface area is 166 Å². The van der Waals surface area contributed by atoms with E-state index in [1.54, 1.807) is 6.92 Å². The Balaban J connectivity index is 1.99. The fourth-order valence-electron chi connectivity index (χ4n) is 6.53. The number of fused-ring (bicyclic) bond motifs is 3. The second-order valence-corrected chi connectivity index (χ2v) is 9.26. The van der Waals surface area contributed by atoms with E-state index in [1.807, 2.05) is 6.92 Å². The zero-order chi connectivity index (χ0) is 20.9. The maximum absolute atomic E-state index is 13.3. The molecule has 0 aromatic rings. The first-order valence-electron chi connectivity index (χ1n) is 10.2. The molecule has 3 saturated carbocycles. The molecule has 0 aromatic heterocycles. The summed E-state index contributed by atoms with van der Waals surface area (Å²) in [6, 6.07) is 0. The average Bonchev–Trinajstić information content (AvgIpc) is 2.68. The van der Waals surface area contributed by atoms with E-state index in [4.69, 9.17) is 9.47 Å². The number of rotatable bonds is 2. The molecule has 0 unspecified atom stereocenters. The van der Waals surface area contributed by atoms with Crippen molar-refractivity contribution in [2.75, 3.05) is 14.2 Å². The van der Waals surface area contributed by atoms with E-state index in [2.05, 4.69) is 6.92 Å². The number of esters is 2. The zero-order valence-electron chi connectivity index (χ0n) is 17.5. The fourth-order valence-corrected chi connectivity index (χ4v) is 6.53. The van der Waals surface area contributed by atoms with Gasteiger partial charge in [0.2, 0.25) is 0 Å². The molecule has 28 heavy (non-hydrogen) atoms. The smallest absolute Gasteiger partial charge is 0.330 e. The third-order valence-corrected chi connectivity index (χ3v) is 8.22. The molecule has 156 valence electrons. The van der Waals surface area contributed by atoms with Crippen LogP contribution in [0.15, 0.2) is 11.6 Å². The Morgan fingerprint density at radius 2 is 1.86 bits per heavy atom. The summed E-state index contributed by atoms with van der Waals surface area (Å²) in [5.41, 5.74) is -0.338. The van der Waals surface area contributed by atoms with Crippen LogP contribution < -0.4 is 0 Å². The van der Waals surface area contributed by atoms with E-state index in [0.29, 0.717) is 6.42 Å². The molecular weight excluding hydrogens is 360 g/mol. The van der Waals surface area contributed by atoms with Crippen molar-refractivity contribution in [3.63, 3.8) is 0 Å². The van der Waals surface area contributed by atoms with Gasteiger partial charge in [0.1, 0.15) is 5.78 Å². The summed E-state index contributed by atoms with van der Waals surface area (Å²) in [6.45, 7) is 5.95. The van der Waals surface area contributed by atoms with Crippen LogP contribution in [0, 0.1) is 34.5 Å². The third kappa shape index (κ3) is 2.92. The number of ether oxygens (including phenoxy) is 2. The van der Waals surface area contributed by atoms with Crippen molar-refractivity contribution < 1.29 is 29.0 Å². The van der Waals surface area contributed by atoms with Crippen LogP contribution in [-0.4, -0.2) is 43.2 Å². The van der Waals surface area contributed by atoms with E-state index in [0.717, 1.165) is 24.8 Å². The number of carbonyl (C=O) groups excluding carboxylic acids is 3. The molecule has 7 atom stereocenters. The van der Waals surface area contributed by atoms with Crippen molar-refractivity contribution in [1.29, 1.82) is 0 Å². The third-order valence-electron chi connectivity index (χ3n) is 8.22. The lowest BCUT2D eigenvalue weighted by Crippen LogP contribution is -2.63. The number of carbonyl (C=O) groups is 3. The van der Waals surface area contributed by atoms with Crippen LogP contribution in [0.4, 0.5) is 0 Å². The van der Waals surface area contributed by atoms with Gasteiger partial charge in [0.25, 0.3) is 0 Å². The summed E-state index contributed by atoms with van der Waals surface area (Å²) in [5, 5.41) is 10.7. The predicted octanol–water partition coefficient (Wildman–Crippen LogP) is 2.68. The lowest BCUT2D eigenvalue weighted by Gasteiger charge is -2.61. The first-order valence-corrected chi connectivity index (χ1v) is 10.2. The van der Waals surface area contributed by atoms with Crippen LogP contribution in [0.3, 0.4) is 0 Å². The van der Waals surface area contributed by atoms with E-state index < -0.39 is 17.5 Å². The Kier molecular flexibility index (Phi) is 5.47. The van der Waals surface area contributed by atoms with E-state index in [-0.39, 0.29) is 47.3 Å². The summed E-state index contributed by atoms with van der Waals surface area (Å²) >= 11 is 0. The molecule has 3 rings (SSSR count). The quantitative estimate of drug-likeness (QED) is 0.574. The number of ketones is 1. The second kappa shape index (κ2) is 7.29. The summed E-state index contributed by atoms with van der Waals surface area (Å²) in [6.07, 6.45) is 3.83. The molecule has 3 aliphatic rings. The average molecular weight is 392 g/mol. The Morgan fingerprint density at radius 3 is 2.46 bits per heavy atom. The SMILES string of the molecule is COC(=O)/C=C1/CC[C@@H]2[C@@H](C(=O)C[C@@H]3[C@@]2(C)CC[C@H](O)[C@@]3(C)C(=O)OC)[C@@H]1C. The van der Waals surface area contributed by atoms with Crippen molar-refractivity contribution in [2.24, 2.45) is 34.5 Å². The number of hydrogen-bond acceptors (Lipinski definition) is 6. The van der Waals surface area contributed by atoms with Gasteiger partial charge in [-0.3, -0.25) is 9.59 Å². The van der Waals surface area contributed by atoms with Crippen molar-refractivity contribution in [1.82, 2.24) is 0 Å². The molecule has 0 saturated heterocycles. The number of aliphatic hydroxyl groups is 1. The maximum Gasteiger partial charge on any atom is 0.330 e. The summed E-state index contributed by atoms with van der Waals surface area (Å²) in [5.74, 6) is -1.01. The minimum Gasteiger partial charge on any atom is -0.469 e. The number of allylic oxidation sites excluding steroid dienone is 1. The highest BCUT2D eigenvalue weighted by molar-refractivity contribution is 5.87. The van der Waals surface area contributed by atoms with Crippen molar-refractivity contribution in [2.45, 2.75) is 59.0 Å². The first-order chi connectivity index (χ1) is 13.1. The number of Topliss-reactive ketones (excluding diaryl/α,β-unsaturated/α-hetero) is 1. The molecule has 0 heterocycles. The normalized spacial score (nSPS) is 44.4. The largest absolute Gasteiger partial charge is 0.469 e. The van der Waals surface area contributed by atoms with Gasteiger partial charge >= 0.3 is 11.9 Å². The minimum atomic E-state index is -1.08. The first kappa shape index (κ1) is 21.0. The molecule has 3 aliphatic carbocycles. The molecule has 6 nitrogen and oxygen atoms in total. The van der Waals surface area contributed by atoms with Crippen LogP contribution in [-0.2, 0) is 23.9 Å². The van der Waals surface area contributed by atoms with Gasteiger partial charge < -0.3 is 14.6 Å². The van der Waals surface area contributed by atoms with Gasteiger partial charge in [0, 0.05) is 18.4 Å². The summed E-state index contributed by atoms with van der Waals surface area (Å²) in [4.78, 5) is 37.7. The molecule has 0 bridgehead atoms. The van der Waals surface area contributed by atoms with Gasteiger partial charge in [-0.1, -0.05) is 19.4 Å². The van der Waals surface area contributed by atoms with Crippen molar-refractivity contribution >= 4 is 17.7 Å². The molecular formula is C22H32O6. The highest BCUT2D eigenvalue weighted by atomic mass is 16.5. The predicted molar refractivity (Wildman–Crippen MR) is 102 cm³/mol. The molecule has 0 amide bonds. The summed E-state index contributed by atoms with van der Waals surface area (Å²) in [7, 11) is 2.69. The Bertz CT molecular complexity index is 712. The molecule has 0 aliphatic heterocycles. The lowest BCUT2D eigenvalue weighted by molar-refractivity contribution is -0.197. The van der Waals surface area contributed by atoms with Crippen LogP contribution in [0.2, 0.25) is 0 Å². The highest BCUT2D eigenvalue weighted by Gasteiger charge is 2.65. The van der Waals surface area contributed by atoms with E-state index in [9.17, 15) is 19.5 Å². The summed E-state index contributed by atoms with van der Waals surface area (Å²) < 4.78 is 9.82. The Morgan fingerprint density at radius 1 is 1.18 bits per heavy atom. The van der Waals surface area contributed by atoms with Gasteiger partial charge in [-0.25, -0.2) is 4.79 Å². The molecule has 0 aromatic carbocycles. The highest BCUT2D eigenvalue weighted by Crippen LogP contribution is 2.64. The van der Waals surface area contributed by atoms with Gasteiger partial charge in [-0.05, 0) is 55.8 Å². The molecule has 3 fully saturated rings. The number of hydrogen-bond donors (Lipinski definition) is 1. The zero-order valence-corrected chi connectivity index (χ0v) is 17.5. The van der Waals surface area contributed by atoms with Gasteiger partial charge in [0.05, 0.1) is 25.7 Å².